The summed E-state index contributed by atoms with van der Waals surface area (Å²) in [6, 6.07) is 0. The molecule has 0 aromatic carbocycles. The number of alkyl halides is 4. The van der Waals surface area contributed by atoms with E-state index >= 15 is 0 Å². The molecule has 0 saturated heterocycles. The number of allylic oxidation sites excluding steroid dienone is 2. The molecule has 0 aromatic rings. The summed E-state index contributed by atoms with van der Waals surface area (Å²) in [5.41, 5.74) is -1.66. The Morgan fingerprint density at radius 2 is 1.62 bits per heavy atom. The fourth-order valence-corrected chi connectivity index (χ4v) is 0.956. The van der Waals surface area contributed by atoms with Crippen molar-refractivity contribution in [3.05, 3.63) is 11.5 Å². The molecule has 0 bridgehead atoms. The topological polar surface area (TPSA) is 29.1 Å². The largest absolute Gasteiger partial charge is 0.384 e. The van der Waals surface area contributed by atoms with Gasteiger partial charge in [-0.1, -0.05) is 0 Å². The zero-order chi connectivity index (χ0) is 10.4. The second kappa shape index (κ2) is 2.43. The Bertz CT molecular complexity index is 295. The highest BCUT2D eigenvalue weighted by Gasteiger charge is 2.71. The molecule has 0 radical (unpaired) electrons. The van der Waals surface area contributed by atoms with E-state index in [1.165, 1.54) is 0 Å². The van der Waals surface area contributed by atoms with E-state index in [1.807, 2.05) is 0 Å². The third-order valence-electron chi connectivity index (χ3n) is 1.66. The molecule has 0 amide bonds. The van der Waals surface area contributed by atoms with Gasteiger partial charge in [0.2, 0.25) is 0 Å². The van der Waals surface area contributed by atoms with Crippen LogP contribution in [0, 0.1) is 0 Å². The van der Waals surface area contributed by atoms with E-state index in [1.54, 1.807) is 5.32 Å². The summed E-state index contributed by atoms with van der Waals surface area (Å²) in [6.45, 7) is 0. The smallest absolute Gasteiger partial charge is 0.380 e. The summed E-state index contributed by atoms with van der Waals surface area (Å²) in [5.74, 6) is -14.4. The lowest BCUT2D eigenvalue weighted by Gasteiger charge is -2.18. The molecule has 1 N–H and O–H groups in total. The Morgan fingerprint density at radius 3 is 1.77 bits per heavy atom. The number of ketones is 1. The third kappa shape index (κ3) is 0.956. The molecule has 0 aliphatic heterocycles. The molecule has 13 heavy (non-hydrogen) atoms. The number of carbonyl (C=O) groups excluding carboxylic acids is 1. The molecule has 0 saturated carbocycles. The van der Waals surface area contributed by atoms with E-state index in [0.29, 0.717) is 0 Å². The van der Waals surface area contributed by atoms with Crippen molar-refractivity contribution in [3.63, 3.8) is 0 Å². The Balaban J connectivity index is 3.31. The average Bonchev–Trinajstić information content (AvgIpc) is 2.12. The first kappa shape index (κ1) is 9.94. The van der Waals surface area contributed by atoms with Gasteiger partial charge in [-0.15, -0.1) is 0 Å². The molecule has 1 aliphatic rings. The molecule has 1 rings (SSSR count). The number of rotatable bonds is 1. The summed E-state index contributed by atoms with van der Waals surface area (Å²) < 4.78 is 62.4. The summed E-state index contributed by atoms with van der Waals surface area (Å²) in [5, 5.41) is 1.54. The fraction of sp³-hybridized carbons (Fsp3) is 0.500. The normalized spacial score (nSPS) is 25.2. The number of hydrogen-bond donors (Lipinski definition) is 1. The SMILES string of the molecule is CNC1=C(F)C(=O)C(F)(F)C1(F)F. The molecule has 0 heterocycles. The Morgan fingerprint density at radius 1 is 1.15 bits per heavy atom. The number of carbonyl (C=O) groups is 1. The molecule has 7 heteroatoms. The van der Waals surface area contributed by atoms with Crippen molar-refractivity contribution < 1.29 is 26.7 Å². The van der Waals surface area contributed by atoms with E-state index < -0.39 is 29.2 Å². The molecular formula is C6H4F5NO. The zero-order valence-electron chi connectivity index (χ0n) is 6.30. The van der Waals surface area contributed by atoms with E-state index in [4.69, 9.17) is 0 Å². The molecule has 0 aromatic heterocycles. The first-order valence-electron chi connectivity index (χ1n) is 3.15. The highest BCUT2D eigenvalue weighted by molar-refractivity contribution is 6.04. The van der Waals surface area contributed by atoms with E-state index in [-0.39, 0.29) is 0 Å². The highest BCUT2D eigenvalue weighted by atomic mass is 19.3. The Hall–Kier alpha value is -1.14. The first-order chi connectivity index (χ1) is 5.76. The standard InChI is InChI=1S/C6H4F5NO/c1-12-3-2(7)4(13)6(10,11)5(3,8)9/h12H,1H3. The van der Waals surface area contributed by atoms with Crippen molar-refractivity contribution in [3.8, 4) is 0 Å². The van der Waals surface area contributed by atoms with Crippen LogP contribution in [0.25, 0.3) is 0 Å². The number of hydrogen-bond acceptors (Lipinski definition) is 2. The summed E-state index contributed by atoms with van der Waals surface area (Å²) >= 11 is 0. The van der Waals surface area contributed by atoms with Crippen molar-refractivity contribution in [1.82, 2.24) is 5.32 Å². The van der Waals surface area contributed by atoms with Crippen molar-refractivity contribution in [2.75, 3.05) is 7.05 Å². The monoisotopic (exact) mass is 201 g/mol. The molecule has 0 fully saturated rings. The second-order valence-electron chi connectivity index (χ2n) is 2.42. The van der Waals surface area contributed by atoms with Crippen LogP contribution in [0.4, 0.5) is 22.0 Å². The third-order valence-corrected chi connectivity index (χ3v) is 1.66. The lowest BCUT2D eigenvalue weighted by atomic mass is 10.2. The fourth-order valence-electron chi connectivity index (χ4n) is 0.956. The van der Waals surface area contributed by atoms with Crippen LogP contribution in [0.3, 0.4) is 0 Å². The minimum absolute atomic E-state index is 0.831. The first-order valence-corrected chi connectivity index (χ1v) is 3.15. The molecule has 1 aliphatic carbocycles. The van der Waals surface area contributed by atoms with Gasteiger partial charge >= 0.3 is 11.8 Å². The van der Waals surface area contributed by atoms with Crippen LogP contribution >= 0.6 is 0 Å². The maximum atomic E-state index is 12.6. The minimum Gasteiger partial charge on any atom is -0.384 e. The van der Waals surface area contributed by atoms with Crippen LogP contribution in [-0.2, 0) is 4.79 Å². The van der Waals surface area contributed by atoms with Crippen LogP contribution in [0.2, 0.25) is 0 Å². The average molecular weight is 201 g/mol. The number of halogens is 5. The Kier molecular flexibility index (Phi) is 1.86. The van der Waals surface area contributed by atoms with Crippen LogP contribution in [0.5, 0.6) is 0 Å². The minimum atomic E-state index is -4.99. The van der Waals surface area contributed by atoms with Crippen LogP contribution in [-0.4, -0.2) is 24.7 Å². The molecule has 0 unspecified atom stereocenters. The molecule has 0 atom stereocenters. The number of Topliss-reactive ketones (excluding diaryl/α,β-unsaturated/α-hetero) is 1. The quantitative estimate of drug-likeness (QED) is 0.646. The van der Waals surface area contributed by atoms with Gasteiger partial charge < -0.3 is 5.32 Å². The van der Waals surface area contributed by atoms with Crippen LogP contribution in [0.15, 0.2) is 11.5 Å². The summed E-state index contributed by atoms with van der Waals surface area (Å²) in [7, 11) is 0.831. The van der Waals surface area contributed by atoms with Gasteiger partial charge in [-0.3, -0.25) is 4.79 Å². The van der Waals surface area contributed by atoms with E-state index in [9.17, 15) is 26.7 Å². The predicted octanol–water partition coefficient (Wildman–Crippen LogP) is 1.24. The van der Waals surface area contributed by atoms with Crippen LogP contribution < -0.4 is 5.32 Å². The van der Waals surface area contributed by atoms with Crippen LogP contribution in [0.1, 0.15) is 0 Å². The van der Waals surface area contributed by atoms with Gasteiger partial charge in [-0.05, 0) is 0 Å². The maximum Gasteiger partial charge on any atom is 0.380 e. The Labute approximate surface area is 69.4 Å². The summed E-state index contributed by atoms with van der Waals surface area (Å²) in [4.78, 5) is 10.3. The van der Waals surface area contributed by atoms with E-state index in [0.717, 1.165) is 7.05 Å². The second-order valence-corrected chi connectivity index (χ2v) is 2.42. The lowest BCUT2D eigenvalue weighted by molar-refractivity contribution is -0.184. The van der Waals surface area contributed by atoms with Gasteiger partial charge in [0.15, 0.2) is 5.83 Å². The van der Waals surface area contributed by atoms with E-state index in [2.05, 4.69) is 0 Å². The lowest BCUT2D eigenvalue weighted by Crippen LogP contribution is -2.44. The van der Waals surface area contributed by atoms with Gasteiger partial charge in [0.25, 0.3) is 5.78 Å². The maximum absolute atomic E-state index is 12.6. The highest BCUT2D eigenvalue weighted by Crippen LogP contribution is 2.47. The molecule has 74 valence electrons. The van der Waals surface area contributed by atoms with Gasteiger partial charge in [0.05, 0.1) is 0 Å². The van der Waals surface area contributed by atoms with Gasteiger partial charge in [0, 0.05) is 7.05 Å². The van der Waals surface area contributed by atoms with Crippen molar-refractivity contribution in [1.29, 1.82) is 0 Å². The van der Waals surface area contributed by atoms with Gasteiger partial charge in [-0.25, -0.2) is 4.39 Å². The molecule has 0 spiro atoms. The molecule has 2 nitrogen and oxygen atoms in total. The molecular weight excluding hydrogens is 197 g/mol. The van der Waals surface area contributed by atoms with Crippen molar-refractivity contribution in [2.45, 2.75) is 11.8 Å². The summed E-state index contributed by atoms with van der Waals surface area (Å²) in [6.07, 6.45) is 0. The van der Waals surface area contributed by atoms with Crippen molar-refractivity contribution >= 4 is 5.78 Å². The van der Waals surface area contributed by atoms with Gasteiger partial charge in [-0.2, -0.15) is 17.6 Å². The van der Waals surface area contributed by atoms with Crippen molar-refractivity contribution in [2.24, 2.45) is 0 Å². The predicted molar refractivity (Wildman–Crippen MR) is 32.1 cm³/mol. The number of nitrogens with one attached hydrogen (secondary N) is 1. The zero-order valence-corrected chi connectivity index (χ0v) is 6.30. The van der Waals surface area contributed by atoms with Gasteiger partial charge in [0.1, 0.15) is 5.70 Å².